The number of thiazole rings is 1. The summed E-state index contributed by atoms with van der Waals surface area (Å²) in [4.78, 5) is 30.0. The summed E-state index contributed by atoms with van der Waals surface area (Å²) in [5.74, 6) is 2.16. The number of anilines is 1. The molecule has 6 nitrogen and oxygen atoms in total. The number of carbonyl (C=O) groups is 1. The second kappa shape index (κ2) is 5.81. The molecule has 2 aliphatic rings. The fraction of sp³-hybridized carbons (Fsp3) is 0.529. The van der Waals surface area contributed by atoms with Gasteiger partial charge in [0.1, 0.15) is 17.8 Å². The standard InChI is InChI=1S/C17H21N5OS/c1-10-11(2)18-9-19-16(10)21-4-13-6-22(7-14(13)5-21)17(23)15-8-24-12(3)20-15/h8-9,13-14H,4-7H2,1-3H3. The summed E-state index contributed by atoms with van der Waals surface area (Å²) in [6.07, 6.45) is 1.65. The monoisotopic (exact) mass is 343 g/mol. The number of amides is 1. The van der Waals surface area contributed by atoms with Gasteiger partial charge in [-0.3, -0.25) is 4.79 Å². The number of carbonyl (C=O) groups excluding carboxylic acids is 1. The van der Waals surface area contributed by atoms with Crippen LogP contribution in [0, 0.1) is 32.6 Å². The molecule has 2 aromatic rings. The van der Waals surface area contributed by atoms with E-state index in [1.165, 1.54) is 11.3 Å². The first-order valence-corrected chi connectivity index (χ1v) is 9.15. The molecule has 2 atom stereocenters. The highest BCUT2D eigenvalue weighted by molar-refractivity contribution is 7.09. The minimum Gasteiger partial charge on any atom is -0.356 e. The van der Waals surface area contributed by atoms with Crippen molar-refractivity contribution in [3.63, 3.8) is 0 Å². The van der Waals surface area contributed by atoms with Crippen molar-refractivity contribution in [3.8, 4) is 0 Å². The molecule has 2 saturated heterocycles. The zero-order valence-electron chi connectivity index (χ0n) is 14.2. The molecule has 2 unspecified atom stereocenters. The molecule has 1 amide bonds. The van der Waals surface area contributed by atoms with E-state index in [-0.39, 0.29) is 5.91 Å². The van der Waals surface area contributed by atoms with Gasteiger partial charge in [0.25, 0.3) is 5.91 Å². The molecule has 0 aliphatic carbocycles. The van der Waals surface area contributed by atoms with Gasteiger partial charge in [-0.25, -0.2) is 15.0 Å². The van der Waals surface area contributed by atoms with Crippen molar-refractivity contribution in [2.24, 2.45) is 11.8 Å². The van der Waals surface area contributed by atoms with Crippen molar-refractivity contribution >= 4 is 23.1 Å². The molecule has 0 spiro atoms. The van der Waals surface area contributed by atoms with Gasteiger partial charge in [0.2, 0.25) is 0 Å². The van der Waals surface area contributed by atoms with E-state index in [4.69, 9.17) is 0 Å². The van der Waals surface area contributed by atoms with Crippen LogP contribution in [0.5, 0.6) is 0 Å². The van der Waals surface area contributed by atoms with E-state index in [2.05, 4.69) is 26.8 Å². The zero-order chi connectivity index (χ0) is 16.8. The molecule has 0 bridgehead atoms. The summed E-state index contributed by atoms with van der Waals surface area (Å²) >= 11 is 1.53. The quantitative estimate of drug-likeness (QED) is 0.835. The molecule has 4 rings (SSSR count). The Balaban J connectivity index is 1.45. The average molecular weight is 343 g/mol. The fourth-order valence-corrected chi connectivity index (χ4v) is 4.39. The summed E-state index contributed by atoms with van der Waals surface area (Å²) in [6.45, 7) is 9.60. The highest BCUT2D eigenvalue weighted by Gasteiger charge is 2.42. The Hall–Kier alpha value is -2.02. The van der Waals surface area contributed by atoms with E-state index >= 15 is 0 Å². The molecule has 2 aromatic heterocycles. The van der Waals surface area contributed by atoms with E-state index in [1.54, 1.807) is 6.33 Å². The Kier molecular flexibility index (Phi) is 3.75. The first-order valence-electron chi connectivity index (χ1n) is 8.27. The van der Waals surface area contributed by atoms with Crippen molar-refractivity contribution < 1.29 is 4.79 Å². The van der Waals surface area contributed by atoms with Gasteiger partial charge < -0.3 is 9.80 Å². The third-order valence-electron chi connectivity index (χ3n) is 5.22. The highest BCUT2D eigenvalue weighted by Crippen LogP contribution is 2.35. The molecule has 24 heavy (non-hydrogen) atoms. The summed E-state index contributed by atoms with van der Waals surface area (Å²) in [7, 11) is 0. The Bertz CT molecular complexity index is 775. The number of rotatable bonds is 2. The van der Waals surface area contributed by atoms with Crippen LogP contribution in [-0.2, 0) is 0 Å². The maximum atomic E-state index is 12.6. The number of aryl methyl sites for hydroxylation is 2. The molecule has 0 radical (unpaired) electrons. The van der Waals surface area contributed by atoms with E-state index in [0.717, 1.165) is 48.3 Å². The predicted octanol–water partition coefficient (Wildman–Crippen LogP) is 2.07. The van der Waals surface area contributed by atoms with Crippen molar-refractivity contribution in [1.29, 1.82) is 0 Å². The van der Waals surface area contributed by atoms with Gasteiger partial charge in [0, 0.05) is 54.7 Å². The summed E-state index contributed by atoms with van der Waals surface area (Å²) in [5, 5.41) is 2.81. The van der Waals surface area contributed by atoms with Gasteiger partial charge in [0.05, 0.1) is 5.01 Å². The third-order valence-corrected chi connectivity index (χ3v) is 5.99. The SMILES string of the molecule is Cc1nc(C(=O)N2CC3CN(c4ncnc(C)c4C)CC3C2)cs1. The third kappa shape index (κ3) is 2.56. The van der Waals surface area contributed by atoms with E-state index in [1.807, 2.05) is 24.1 Å². The number of likely N-dealkylation sites (tertiary alicyclic amines) is 1. The van der Waals surface area contributed by atoms with Crippen molar-refractivity contribution in [3.05, 3.63) is 33.7 Å². The second-order valence-corrected chi connectivity index (χ2v) is 7.86. The van der Waals surface area contributed by atoms with E-state index < -0.39 is 0 Å². The van der Waals surface area contributed by atoms with Crippen molar-refractivity contribution in [2.75, 3.05) is 31.1 Å². The summed E-state index contributed by atoms with van der Waals surface area (Å²) in [6, 6.07) is 0. The van der Waals surface area contributed by atoms with Gasteiger partial charge in [-0.05, 0) is 20.8 Å². The van der Waals surface area contributed by atoms with Crippen LogP contribution in [0.3, 0.4) is 0 Å². The van der Waals surface area contributed by atoms with Crippen LogP contribution in [0.15, 0.2) is 11.7 Å². The maximum Gasteiger partial charge on any atom is 0.273 e. The van der Waals surface area contributed by atoms with Gasteiger partial charge in [-0.2, -0.15) is 0 Å². The number of hydrogen-bond acceptors (Lipinski definition) is 6. The molecule has 4 heterocycles. The molecule has 7 heteroatoms. The Morgan fingerprint density at radius 3 is 2.46 bits per heavy atom. The molecule has 0 aromatic carbocycles. The second-order valence-electron chi connectivity index (χ2n) is 6.79. The Morgan fingerprint density at radius 1 is 1.12 bits per heavy atom. The van der Waals surface area contributed by atoms with Crippen LogP contribution in [0.4, 0.5) is 5.82 Å². The minimum absolute atomic E-state index is 0.0781. The highest BCUT2D eigenvalue weighted by atomic mass is 32.1. The normalized spacial score (nSPS) is 23.0. The molecule has 2 aliphatic heterocycles. The largest absolute Gasteiger partial charge is 0.356 e. The first kappa shape index (κ1) is 15.5. The molecule has 0 N–H and O–H groups in total. The predicted molar refractivity (Wildman–Crippen MR) is 93.5 cm³/mol. The lowest BCUT2D eigenvalue weighted by Gasteiger charge is -2.23. The Labute approximate surface area is 145 Å². The smallest absolute Gasteiger partial charge is 0.273 e. The lowest BCUT2D eigenvalue weighted by Crippen LogP contribution is -2.34. The number of hydrogen-bond donors (Lipinski definition) is 0. The molecule has 2 fully saturated rings. The van der Waals surface area contributed by atoms with Crippen LogP contribution in [0.25, 0.3) is 0 Å². The molecule has 126 valence electrons. The van der Waals surface area contributed by atoms with Gasteiger partial charge in [0.15, 0.2) is 0 Å². The number of nitrogens with zero attached hydrogens (tertiary/aromatic N) is 5. The average Bonchev–Trinajstić information content (AvgIpc) is 3.23. The summed E-state index contributed by atoms with van der Waals surface area (Å²) in [5.41, 5.74) is 2.78. The van der Waals surface area contributed by atoms with Crippen LogP contribution < -0.4 is 4.90 Å². The van der Waals surface area contributed by atoms with Crippen molar-refractivity contribution in [2.45, 2.75) is 20.8 Å². The van der Waals surface area contributed by atoms with Crippen LogP contribution in [0.2, 0.25) is 0 Å². The molecular formula is C17H21N5OS. The maximum absolute atomic E-state index is 12.6. The van der Waals surface area contributed by atoms with Gasteiger partial charge in [-0.15, -0.1) is 11.3 Å². The van der Waals surface area contributed by atoms with Crippen LogP contribution in [0.1, 0.15) is 26.8 Å². The van der Waals surface area contributed by atoms with Crippen molar-refractivity contribution in [1.82, 2.24) is 19.9 Å². The Morgan fingerprint density at radius 2 is 1.83 bits per heavy atom. The first-order chi connectivity index (χ1) is 11.5. The molecule has 0 saturated carbocycles. The minimum atomic E-state index is 0.0781. The van der Waals surface area contributed by atoms with Crippen LogP contribution >= 0.6 is 11.3 Å². The molecular weight excluding hydrogens is 322 g/mol. The summed E-state index contributed by atoms with van der Waals surface area (Å²) < 4.78 is 0. The van der Waals surface area contributed by atoms with E-state index in [9.17, 15) is 4.79 Å². The topological polar surface area (TPSA) is 62.2 Å². The fourth-order valence-electron chi connectivity index (χ4n) is 3.80. The van der Waals surface area contributed by atoms with E-state index in [0.29, 0.717) is 17.5 Å². The van der Waals surface area contributed by atoms with Gasteiger partial charge in [-0.1, -0.05) is 0 Å². The van der Waals surface area contributed by atoms with Crippen LogP contribution in [-0.4, -0.2) is 51.9 Å². The zero-order valence-corrected chi connectivity index (χ0v) is 15.0. The lowest BCUT2D eigenvalue weighted by molar-refractivity contribution is 0.0777. The number of fused-ring (bicyclic) bond motifs is 1. The number of aromatic nitrogens is 3. The van der Waals surface area contributed by atoms with Gasteiger partial charge >= 0.3 is 0 Å². The lowest BCUT2D eigenvalue weighted by atomic mass is 10.0.